The summed E-state index contributed by atoms with van der Waals surface area (Å²) in [6, 6.07) is 12.9. The highest BCUT2D eigenvalue weighted by Crippen LogP contribution is 2.28. The van der Waals surface area contributed by atoms with Crippen LogP contribution in [0.15, 0.2) is 42.5 Å². The Balaban J connectivity index is 2.06. The number of nitrogens with zero attached hydrogens (tertiary/aromatic N) is 1. The highest BCUT2D eigenvalue weighted by molar-refractivity contribution is 6.35. The van der Waals surface area contributed by atoms with E-state index in [1.165, 1.54) is 0 Å². The van der Waals surface area contributed by atoms with Gasteiger partial charge in [0, 0.05) is 10.6 Å². The molecule has 2 nitrogen and oxygen atoms in total. The predicted octanol–water partition coefficient (Wildman–Crippen LogP) is 4.99. The van der Waals surface area contributed by atoms with Gasteiger partial charge in [0.05, 0.1) is 5.02 Å². The summed E-state index contributed by atoms with van der Waals surface area (Å²) < 4.78 is 5.64. The number of halogens is 2. The molecule has 0 saturated carbocycles. The van der Waals surface area contributed by atoms with Gasteiger partial charge in [-0.1, -0.05) is 41.4 Å². The molecule has 0 spiro atoms. The van der Waals surface area contributed by atoms with E-state index in [9.17, 15) is 0 Å². The van der Waals surface area contributed by atoms with Gasteiger partial charge >= 0.3 is 0 Å². The van der Waals surface area contributed by atoms with Crippen LogP contribution in [0.3, 0.4) is 0 Å². The van der Waals surface area contributed by atoms with Crippen molar-refractivity contribution in [1.29, 1.82) is 0 Å². The minimum absolute atomic E-state index is 0.384. The molecular formula is C15H11Cl2NO. The fourth-order valence-corrected chi connectivity index (χ4v) is 2.13. The van der Waals surface area contributed by atoms with Crippen molar-refractivity contribution in [2.45, 2.75) is 13.2 Å². The van der Waals surface area contributed by atoms with Gasteiger partial charge in [0.2, 0.25) is 6.54 Å². The van der Waals surface area contributed by atoms with Gasteiger partial charge in [-0.15, -0.1) is 0 Å². The summed E-state index contributed by atoms with van der Waals surface area (Å²) in [5, 5.41) is 1.07. The van der Waals surface area contributed by atoms with Crippen LogP contribution in [-0.2, 0) is 13.2 Å². The lowest BCUT2D eigenvalue weighted by Gasteiger charge is -2.08. The molecule has 0 aliphatic carbocycles. The zero-order valence-electron chi connectivity index (χ0n) is 10.1. The molecule has 0 bridgehead atoms. The molecule has 0 unspecified atom stereocenters. The van der Waals surface area contributed by atoms with Gasteiger partial charge < -0.3 is 9.58 Å². The molecule has 96 valence electrons. The Labute approximate surface area is 122 Å². The summed E-state index contributed by atoms with van der Waals surface area (Å²) in [7, 11) is 0. The first-order valence-electron chi connectivity index (χ1n) is 5.68. The first-order valence-corrected chi connectivity index (χ1v) is 6.43. The van der Waals surface area contributed by atoms with Crippen LogP contribution in [0.5, 0.6) is 5.75 Å². The molecule has 0 atom stereocenters. The van der Waals surface area contributed by atoms with Crippen LogP contribution in [0.25, 0.3) is 4.85 Å². The molecule has 0 saturated heterocycles. The summed E-state index contributed by atoms with van der Waals surface area (Å²) in [6.45, 7) is 7.65. The van der Waals surface area contributed by atoms with Gasteiger partial charge in [-0.05, 0) is 29.8 Å². The van der Waals surface area contributed by atoms with E-state index in [1.807, 2.05) is 24.3 Å². The maximum Gasteiger partial charge on any atom is 0.239 e. The van der Waals surface area contributed by atoms with E-state index in [0.29, 0.717) is 28.9 Å². The van der Waals surface area contributed by atoms with Crippen molar-refractivity contribution < 1.29 is 4.74 Å². The van der Waals surface area contributed by atoms with Crippen molar-refractivity contribution >= 4 is 23.2 Å². The van der Waals surface area contributed by atoms with Crippen LogP contribution in [0.2, 0.25) is 10.0 Å². The van der Waals surface area contributed by atoms with Gasteiger partial charge in [0.1, 0.15) is 12.4 Å². The average Bonchev–Trinajstić information content (AvgIpc) is 2.38. The molecule has 2 aromatic carbocycles. The molecule has 0 radical (unpaired) electrons. The first kappa shape index (κ1) is 13.7. The largest absolute Gasteiger partial charge is 0.487 e. The van der Waals surface area contributed by atoms with E-state index in [1.54, 1.807) is 18.2 Å². The summed E-state index contributed by atoms with van der Waals surface area (Å²) >= 11 is 11.8. The Morgan fingerprint density at radius 3 is 2.58 bits per heavy atom. The summed E-state index contributed by atoms with van der Waals surface area (Å²) in [5.41, 5.74) is 1.99. The topological polar surface area (TPSA) is 13.6 Å². The fourth-order valence-electron chi connectivity index (χ4n) is 1.66. The van der Waals surface area contributed by atoms with Gasteiger partial charge in [-0.3, -0.25) is 0 Å². The highest BCUT2D eigenvalue weighted by Gasteiger charge is 2.04. The van der Waals surface area contributed by atoms with Gasteiger partial charge in [-0.2, -0.15) is 0 Å². The van der Waals surface area contributed by atoms with Gasteiger partial charge in [0.15, 0.2) is 0 Å². The standard InChI is InChI=1S/C15H11Cl2NO/c1-18-9-11-3-2-4-12(7-11)10-19-15-6-5-13(16)8-14(15)17/h2-8H,9-10H2. The lowest BCUT2D eigenvalue weighted by Crippen LogP contribution is -1.96. The molecule has 0 fully saturated rings. The molecule has 4 heteroatoms. The van der Waals surface area contributed by atoms with E-state index in [-0.39, 0.29) is 0 Å². The summed E-state index contributed by atoms with van der Waals surface area (Å²) in [5.74, 6) is 0.599. The predicted molar refractivity (Wildman–Crippen MR) is 77.5 cm³/mol. The van der Waals surface area contributed by atoms with Crippen molar-refractivity contribution in [2.24, 2.45) is 0 Å². The van der Waals surface area contributed by atoms with Crippen molar-refractivity contribution in [1.82, 2.24) is 0 Å². The van der Waals surface area contributed by atoms with Crippen molar-refractivity contribution in [3.63, 3.8) is 0 Å². The molecule has 0 N–H and O–H groups in total. The van der Waals surface area contributed by atoms with Crippen LogP contribution < -0.4 is 4.74 Å². The monoisotopic (exact) mass is 291 g/mol. The quantitative estimate of drug-likeness (QED) is 0.724. The van der Waals surface area contributed by atoms with E-state index < -0.39 is 0 Å². The Morgan fingerprint density at radius 1 is 1.05 bits per heavy atom. The van der Waals surface area contributed by atoms with Crippen LogP contribution in [0, 0.1) is 6.57 Å². The molecule has 0 aromatic heterocycles. The maximum atomic E-state index is 6.86. The summed E-state index contributed by atoms with van der Waals surface area (Å²) in [4.78, 5) is 3.36. The number of benzene rings is 2. The number of hydrogen-bond donors (Lipinski definition) is 0. The normalized spacial score (nSPS) is 9.95. The van der Waals surface area contributed by atoms with Crippen LogP contribution in [-0.4, -0.2) is 0 Å². The average molecular weight is 292 g/mol. The van der Waals surface area contributed by atoms with Crippen LogP contribution in [0.1, 0.15) is 11.1 Å². The third-order valence-electron chi connectivity index (χ3n) is 2.54. The minimum Gasteiger partial charge on any atom is -0.487 e. The van der Waals surface area contributed by atoms with Crippen molar-refractivity contribution in [3.05, 3.63) is 75.1 Å². The number of rotatable bonds is 4. The SMILES string of the molecule is [C-]#[N+]Cc1cccc(COc2ccc(Cl)cc2Cl)c1. The van der Waals surface area contributed by atoms with E-state index in [0.717, 1.165) is 11.1 Å². The Morgan fingerprint density at radius 2 is 1.84 bits per heavy atom. The molecular weight excluding hydrogens is 281 g/mol. The Kier molecular flexibility index (Phi) is 4.68. The van der Waals surface area contributed by atoms with E-state index in [2.05, 4.69) is 4.85 Å². The zero-order chi connectivity index (χ0) is 13.7. The van der Waals surface area contributed by atoms with E-state index >= 15 is 0 Å². The third-order valence-corrected chi connectivity index (χ3v) is 3.07. The summed E-state index contributed by atoms with van der Waals surface area (Å²) in [6.07, 6.45) is 0. The van der Waals surface area contributed by atoms with E-state index in [4.69, 9.17) is 34.5 Å². The zero-order valence-corrected chi connectivity index (χ0v) is 11.6. The molecule has 2 rings (SSSR count). The smallest absolute Gasteiger partial charge is 0.239 e. The van der Waals surface area contributed by atoms with Gasteiger partial charge in [0.25, 0.3) is 0 Å². The van der Waals surface area contributed by atoms with Crippen molar-refractivity contribution in [2.75, 3.05) is 0 Å². The molecule has 0 amide bonds. The maximum absolute atomic E-state index is 6.86. The fraction of sp³-hybridized carbons (Fsp3) is 0.133. The lowest BCUT2D eigenvalue weighted by atomic mass is 10.1. The second kappa shape index (κ2) is 6.47. The number of ether oxygens (including phenoxy) is 1. The second-order valence-corrected chi connectivity index (χ2v) is 4.84. The second-order valence-electron chi connectivity index (χ2n) is 4.00. The molecule has 19 heavy (non-hydrogen) atoms. The van der Waals surface area contributed by atoms with Crippen LogP contribution in [0.4, 0.5) is 0 Å². The lowest BCUT2D eigenvalue weighted by molar-refractivity contribution is 0.306. The molecule has 0 heterocycles. The van der Waals surface area contributed by atoms with Gasteiger partial charge in [-0.25, -0.2) is 6.57 Å². The Bertz CT molecular complexity index is 620. The Hall–Kier alpha value is -1.69. The first-order chi connectivity index (χ1) is 9.19. The third kappa shape index (κ3) is 3.89. The molecule has 2 aromatic rings. The minimum atomic E-state index is 0.384. The highest BCUT2D eigenvalue weighted by atomic mass is 35.5. The number of hydrogen-bond acceptors (Lipinski definition) is 1. The van der Waals surface area contributed by atoms with Crippen LogP contribution >= 0.6 is 23.2 Å². The molecule has 0 aliphatic rings. The molecule has 0 aliphatic heterocycles. The van der Waals surface area contributed by atoms with Crippen molar-refractivity contribution in [3.8, 4) is 5.75 Å².